The smallest absolute Gasteiger partial charge is 0.239 e. The average Bonchev–Trinajstić information content (AvgIpc) is 2.72. The molecule has 6 heteroatoms. The number of ether oxygens (including phenoxy) is 2. The van der Waals surface area contributed by atoms with Crippen LogP contribution in [-0.2, 0) is 6.42 Å². The summed E-state index contributed by atoms with van der Waals surface area (Å²) in [7, 11) is 1.56. The summed E-state index contributed by atoms with van der Waals surface area (Å²) in [4.78, 5) is 13.3. The Morgan fingerprint density at radius 1 is 1.13 bits per heavy atom. The predicted octanol–water partition coefficient (Wildman–Crippen LogP) is 5.30. The highest BCUT2D eigenvalue weighted by atomic mass is 16.5. The number of hydrogen-bond acceptors (Lipinski definition) is 6. The van der Waals surface area contributed by atoms with Crippen molar-refractivity contribution in [3.63, 3.8) is 0 Å². The maximum atomic E-state index is 13.3. The summed E-state index contributed by atoms with van der Waals surface area (Å²) in [5.41, 5.74) is 1.63. The van der Waals surface area contributed by atoms with Gasteiger partial charge in [-0.15, -0.1) is 0 Å². The van der Waals surface area contributed by atoms with Crippen LogP contribution in [0.5, 0.6) is 23.0 Å². The van der Waals surface area contributed by atoms with Crippen molar-refractivity contribution in [3.8, 4) is 34.3 Å². The Bertz CT molecular complexity index is 1180. The number of rotatable bonds is 6. The first kappa shape index (κ1) is 21.0. The van der Waals surface area contributed by atoms with E-state index >= 15 is 0 Å². The lowest BCUT2D eigenvalue weighted by molar-refractivity contribution is 0.414. The van der Waals surface area contributed by atoms with Crippen LogP contribution in [0.25, 0.3) is 22.3 Å². The van der Waals surface area contributed by atoms with E-state index in [9.17, 15) is 15.0 Å². The maximum Gasteiger partial charge on any atom is 0.239 e. The molecule has 3 aromatic rings. The molecule has 0 fully saturated rings. The molecule has 0 atom stereocenters. The van der Waals surface area contributed by atoms with Gasteiger partial charge in [0, 0.05) is 17.2 Å². The van der Waals surface area contributed by atoms with Crippen molar-refractivity contribution in [2.75, 3.05) is 7.11 Å². The minimum absolute atomic E-state index is 0.0401. The molecule has 0 bridgehead atoms. The fourth-order valence-electron chi connectivity index (χ4n) is 3.05. The normalized spacial score (nSPS) is 11.1. The molecule has 1 aromatic heterocycles. The molecule has 2 aromatic carbocycles. The second-order valence-electron chi connectivity index (χ2n) is 6.99. The third kappa shape index (κ3) is 4.03. The van der Waals surface area contributed by atoms with Gasteiger partial charge in [0.15, 0.2) is 5.76 Å². The summed E-state index contributed by atoms with van der Waals surface area (Å²) in [5, 5.41) is 20.8. The Morgan fingerprint density at radius 2 is 1.83 bits per heavy atom. The monoisotopic (exact) mass is 408 g/mol. The molecule has 0 unspecified atom stereocenters. The van der Waals surface area contributed by atoms with Crippen molar-refractivity contribution in [2.24, 2.45) is 0 Å². The first-order chi connectivity index (χ1) is 14.4. The zero-order valence-corrected chi connectivity index (χ0v) is 17.4. The molecule has 0 saturated carbocycles. The molecule has 0 radical (unpaired) electrons. The number of aromatic hydroxyl groups is 2. The fraction of sp³-hybridized carbons (Fsp3) is 0.208. The minimum Gasteiger partial charge on any atom is -0.507 e. The van der Waals surface area contributed by atoms with Gasteiger partial charge in [0.1, 0.15) is 28.2 Å². The highest BCUT2D eigenvalue weighted by molar-refractivity contribution is 5.91. The fourth-order valence-corrected chi connectivity index (χ4v) is 3.05. The van der Waals surface area contributed by atoms with Crippen LogP contribution in [0.4, 0.5) is 0 Å². The number of methoxy groups -OCH3 is 1. The zero-order chi connectivity index (χ0) is 21.8. The summed E-state index contributed by atoms with van der Waals surface area (Å²) < 4.78 is 16.9. The van der Waals surface area contributed by atoms with Crippen molar-refractivity contribution in [1.29, 1.82) is 0 Å². The van der Waals surface area contributed by atoms with E-state index in [0.717, 1.165) is 11.6 Å². The van der Waals surface area contributed by atoms with E-state index in [0.29, 0.717) is 23.3 Å². The molecular formula is C24H24O6. The van der Waals surface area contributed by atoms with Gasteiger partial charge in [0.05, 0.1) is 13.4 Å². The molecule has 6 nitrogen and oxygen atoms in total. The molecule has 0 aliphatic carbocycles. The van der Waals surface area contributed by atoms with Gasteiger partial charge in [-0.25, -0.2) is 0 Å². The van der Waals surface area contributed by atoms with Crippen LogP contribution in [0.15, 0.2) is 63.5 Å². The SMILES string of the molecule is C/C=C/Oc1c(-c2ccc(OC)cc2)oc2c(CC=C(C)C)c(O)cc(O)c2c1=O. The maximum absolute atomic E-state index is 13.3. The van der Waals surface area contributed by atoms with E-state index in [4.69, 9.17) is 13.9 Å². The van der Waals surface area contributed by atoms with E-state index in [-0.39, 0.29) is 34.0 Å². The van der Waals surface area contributed by atoms with Gasteiger partial charge in [-0.1, -0.05) is 17.7 Å². The number of fused-ring (bicyclic) bond motifs is 1. The summed E-state index contributed by atoms with van der Waals surface area (Å²) in [6.45, 7) is 5.62. The Kier molecular flexibility index (Phi) is 6.16. The predicted molar refractivity (Wildman–Crippen MR) is 116 cm³/mol. The molecule has 0 amide bonds. The van der Waals surface area contributed by atoms with Crippen molar-refractivity contribution in [1.82, 2.24) is 0 Å². The molecule has 0 aliphatic rings. The second-order valence-corrected chi connectivity index (χ2v) is 6.99. The molecule has 3 rings (SSSR count). The quantitative estimate of drug-likeness (QED) is 0.425. The van der Waals surface area contributed by atoms with Gasteiger partial charge in [-0.05, 0) is 51.5 Å². The highest BCUT2D eigenvalue weighted by Crippen LogP contribution is 2.39. The van der Waals surface area contributed by atoms with E-state index in [1.165, 1.54) is 6.26 Å². The Hall–Kier alpha value is -3.67. The third-order valence-corrected chi connectivity index (χ3v) is 4.57. The molecule has 0 spiro atoms. The molecule has 156 valence electrons. The van der Waals surface area contributed by atoms with Crippen molar-refractivity contribution in [3.05, 3.63) is 70.1 Å². The number of benzene rings is 2. The van der Waals surface area contributed by atoms with E-state index in [2.05, 4.69) is 0 Å². The Labute approximate surface area is 174 Å². The van der Waals surface area contributed by atoms with Crippen LogP contribution in [-0.4, -0.2) is 17.3 Å². The van der Waals surface area contributed by atoms with Gasteiger partial charge in [-0.2, -0.15) is 0 Å². The molecule has 0 aliphatic heterocycles. The topological polar surface area (TPSA) is 89.1 Å². The lowest BCUT2D eigenvalue weighted by Crippen LogP contribution is -2.08. The zero-order valence-electron chi connectivity index (χ0n) is 17.4. The first-order valence-electron chi connectivity index (χ1n) is 9.47. The van der Waals surface area contributed by atoms with Gasteiger partial charge >= 0.3 is 0 Å². The Balaban J connectivity index is 2.38. The van der Waals surface area contributed by atoms with Crippen molar-refractivity contribution < 1.29 is 24.1 Å². The molecule has 1 heterocycles. The number of phenolic OH excluding ortho intramolecular Hbond substituents is 2. The minimum atomic E-state index is -0.531. The largest absolute Gasteiger partial charge is 0.507 e. The highest BCUT2D eigenvalue weighted by Gasteiger charge is 2.23. The van der Waals surface area contributed by atoms with Crippen LogP contribution < -0.4 is 14.9 Å². The van der Waals surface area contributed by atoms with Crippen molar-refractivity contribution >= 4 is 11.0 Å². The van der Waals surface area contributed by atoms with Crippen LogP contribution in [0.3, 0.4) is 0 Å². The van der Waals surface area contributed by atoms with Crippen molar-refractivity contribution in [2.45, 2.75) is 27.2 Å². The Morgan fingerprint density at radius 3 is 2.43 bits per heavy atom. The molecule has 30 heavy (non-hydrogen) atoms. The lowest BCUT2D eigenvalue weighted by Gasteiger charge is -2.13. The lowest BCUT2D eigenvalue weighted by atomic mass is 10.0. The van der Waals surface area contributed by atoms with E-state index in [1.807, 2.05) is 19.9 Å². The molecule has 2 N–H and O–H groups in total. The van der Waals surface area contributed by atoms with E-state index < -0.39 is 5.43 Å². The van der Waals surface area contributed by atoms with Crippen LogP contribution >= 0.6 is 0 Å². The van der Waals surface area contributed by atoms with Gasteiger partial charge in [0.2, 0.25) is 11.2 Å². The summed E-state index contributed by atoms with van der Waals surface area (Å²) in [6, 6.07) is 8.11. The summed E-state index contributed by atoms with van der Waals surface area (Å²) in [6.07, 6.45) is 5.25. The number of hydrogen-bond donors (Lipinski definition) is 2. The van der Waals surface area contributed by atoms with Gasteiger partial charge < -0.3 is 24.1 Å². The van der Waals surface area contributed by atoms with Gasteiger partial charge in [-0.3, -0.25) is 4.79 Å². The average molecular weight is 408 g/mol. The number of allylic oxidation sites excluding steroid dienone is 3. The second kappa shape index (κ2) is 8.78. The summed E-state index contributed by atoms with van der Waals surface area (Å²) in [5.74, 6) is 0.265. The third-order valence-electron chi connectivity index (χ3n) is 4.57. The standard InChI is InChI=1S/C24H24O6/c1-5-12-29-24-21(27)20-19(26)13-18(25)17(11-6-14(2)3)23(20)30-22(24)15-7-9-16(28-4)10-8-15/h5-10,12-13,25-26H,11H2,1-4H3/b12-5+. The number of phenols is 2. The van der Waals surface area contributed by atoms with Gasteiger partial charge in [0.25, 0.3) is 0 Å². The molecular weight excluding hydrogens is 384 g/mol. The van der Waals surface area contributed by atoms with Crippen LogP contribution in [0.2, 0.25) is 0 Å². The summed E-state index contributed by atoms with van der Waals surface area (Å²) >= 11 is 0. The molecule has 0 saturated heterocycles. The van der Waals surface area contributed by atoms with Crippen LogP contribution in [0, 0.1) is 0 Å². The first-order valence-corrected chi connectivity index (χ1v) is 9.47. The van der Waals surface area contributed by atoms with E-state index in [1.54, 1.807) is 44.4 Å². The van der Waals surface area contributed by atoms with Crippen LogP contribution in [0.1, 0.15) is 26.3 Å².